The summed E-state index contributed by atoms with van der Waals surface area (Å²) in [5.74, 6) is 0. The highest BCUT2D eigenvalue weighted by Crippen LogP contribution is 2.22. The van der Waals surface area contributed by atoms with Crippen LogP contribution in [0.1, 0.15) is 29.4 Å². The van der Waals surface area contributed by atoms with Crippen LogP contribution < -0.4 is 5.32 Å². The van der Waals surface area contributed by atoms with Crippen LogP contribution in [0.5, 0.6) is 0 Å². The maximum Gasteiger partial charge on any atom is 0.0626 e. The van der Waals surface area contributed by atoms with Gasteiger partial charge in [-0.25, -0.2) is 0 Å². The van der Waals surface area contributed by atoms with Crippen LogP contribution in [-0.4, -0.2) is 11.7 Å². The van der Waals surface area contributed by atoms with Crippen molar-refractivity contribution in [3.63, 3.8) is 0 Å². The van der Waals surface area contributed by atoms with E-state index in [-0.39, 0.29) is 18.7 Å². The first kappa shape index (κ1) is 12.3. The van der Waals surface area contributed by atoms with Gasteiger partial charge in [0.25, 0.3) is 0 Å². The molecule has 2 rings (SSSR count). The topological polar surface area (TPSA) is 32.3 Å². The second-order valence-corrected chi connectivity index (χ2v) is 5.03. The minimum Gasteiger partial charge on any atom is -0.394 e. The minimum atomic E-state index is -0.00620. The van der Waals surface area contributed by atoms with Crippen molar-refractivity contribution in [2.45, 2.75) is 19.0 Å². The van der Waals surface area contributed by atoms with E-state index in [2.05, 4.69) is 29.8 Å². The van der Waals surface area contributed by atoms with E-state index in [1.165, 1.54) is 4.88 Å². The SMILES string of the molecule is CC(N[C@@H](CO)c1ccccc1)c1cccs1. The monoisotopic (exact) mass is 247 g/mol. The van der Waals surface area contributed by atoms with Gasteiger partial charge >= 0.3 is 0 Å². The van der Waals surface area contributed by atoms with Crippen molar-refractivity contribution in [2.75, 3.05) is 6.61 Å². The molecule has 0 saturated heterocycles. The summed E-state index contributed by atoms with van der Waals surface area (Å²) >= 11 is 1.73. The van der Waals surface area contributed by atoms with Gasteiger partial charge in [0.2, 0.25) is 0 Å². The lowest BCUT2D eigenvalue weighted by Crippen LogP contribution is -2.26. The molecule has 2 nitrogen and oxygen atoms in total. The standard InChI is InChI=1S/C14H17NOS/c1-11(14-8-5-9-17-14)15-13(10-16)12-6-3-2-4-7-12/h2-9,11,13,15-16H,10H2,1H3/t11?,13-/m0/s1. The van der Waals surface area contributed by atoms with Crippen molar-refractivity contribution in [3.8, 4) is 0 Å². The summed E-state index contributed by atoms with van der Waals surface area (Å²) in [5.41, 5.74) is 1.12. The molecule has 0 saturated carbocycles. The molecular weight excluding hydrogens is 230 g/mol. The van der Waals surface area contributed by atoms with Crippen molar-refractivity contribution in [3.05, 3.63) is 58.3 Å². The molecule has 1 aromatic heterocycles. The summed E-state index contributed by atoms with van der Waals surface area (Å²) < 4.78 is 0. The lowest BCUT2D eigenvalue weighted by molar-refractivity contribution is 0.236. The average molecular weight is 247 g/mol. The summed E-state index contributed by atoms with van der Waals surface area (Å²) in [7, 11) is 0. The zero-order chi connectivity index (χ0) is 12.1. The lowest BCUT2D eigenvalue weighted by Gasteiger charge is -2.21. The Balaban J connectivity index is 2.06. The summed E-state index contributed by atoms with van der Waals surface area (Å²) in [6.45, 7) is 2.23. The number of hydrogen-bond donors (Lipinski definition) is 2. The number of benzene rings is 1. The fourth-order valence-corrected chi connectivity index (χ4v) is 2.60. The second-order valence-electron chi connectivity index (χ2n) is 4.05. The predicted octanol–water partition coefficient (Wildman–Crippen LogP) is 3.13. The van der Waals surface area contributed by atoms with Crippen molar-refractivity contribution in [1.82, 2.24) is 5.32 Å². The van der Waals surface area contributed by atoms with E-state index in [0.29, 0.717) is 0 Å². The number of aliphatic hydroxyl groups excluding tert-OH is 1. The molecule has 0 radical (unpaired) electrons. The Labute approximate surface area is 106 Å². The van der Waals surface area contributed by atoms with Gasteiger partial charge in [-0.3, -0.25) is 0 Å². The van der Waals surface area contributed by atoms with E-state index in [9.17, 15) is 5.11 Å². The highest BCUT2D eigenvalue weighted by Gasteiger charge is 2.14. The van der Waals surface area contributed by atoms with Crippen molar-refractivity contribution >= 4 is 11.3 Å². The van der Waals surface area contributed by atoms with Crippen LogP contribution in [0.3, 0.4) is 0 Å². The summed E-state index contributed by atoms with van der Waals surface area (Å²) in [6, 6.07) is 14.5. The molecular formula is C14H17NOS. The molecule has 0 bridgehead atoms. The normalized spacial score (nSPS) is 14.5. The molecule has 0 aliphatic heterocycles. The Hall–Kier alpha value is -1.16. The predicted molar refractivity (Wildman–Crippen MR) is 72.1 cm³/mol. The number of hydrogen-bond acceptors (Lipinski definition) is 3. The molecule has 2 atom stereocenters. The Bertz CT molecular complexity index is 427. The van der Waals surface area contributed by atoms with Crippen LogP contribution in [0.2, 0.25) is 0 Å². The highest BCUT2D eigenvalue weighted by molar-refractivity contribution is 7.10. The third-order valence-electron chi connectivity index (χ3n) is 2.81. The Morgan fingerprint density at radius 3 is 2.53 bits per heavy atom. The summed E-state index contributed by atoms with van der Waals surface area (Å²) in [4.78, 5) is 1.29. The molecule has 2 aromatic rings. The first-order valence-corrected chi connectivity index (χ1v) is 6.64. The van der Waals surface area contributed by atoms with Crippen LogP contribution in [0, 0.1) is 0 Å². The maximum atomic E-state index is 9.47. The fraction of sp³-hybridized carbons (Fsp3) is 0.286. The van der Waals surface area contributed by atoms with Gasteiger partial charge in [-0.15, -0.1) is 11.3 Å². The number of nitrogens with one attached hydrogen (secondary N) is 1. The van der Waals surface area contributed by atoms with E-state index in [1.807, 2.05) is 30.3 Å². The molecule has 1 aromatic carbocycles. The van der Waals surface area contributed by atoms with Crippen LogP contribution in [0.4, 0.5) is 0 Å². The lowest BCUT2D eigenvalue weighted by atomic mass is 10.1. The third kappa shape index (κ3) is 3.16. The molecule has 2 N–H and O–H groups in total. The Morgan fingerprint density at radius 1 is 1.18 bits per heavy atom. The van der Waals surface area contributed by atoms with Crippen LogP contribution in [-0.2, 0) is 0 Å². The largest absolute Gasteiger partial charge is 0.394 e. The molecule has 0 aliphatic carbocycles. The summed E-state index contributed by atoms with van der Waals surface area (Å²) in [5, 5.41) is 15.0. The third-order valence-corrected chi connectivity index (χ3v) is 3.86. The zero-order valence-corrected chi connectivity index (χ0v) is 10.7. The number of rotatable bonds is 5. The molecule has 1 heterocycles. The zero-order valence-electron chi connectivity index (χ0n) is 9.84. The van der Waals surface area contributed by atoms with Crippen LogP contribution >= 0.6 is 11.3 Å². The molecule has 0 amide bonds. The van der Waals surface area contributed by atoms with Gasteiger partial charge in [0.05, 0.1) is 12.6 Å². The maximum absolute atomic E-state index is 9.47. The second kappa shape index (κ2) is 5.96. The van der Waals surface area contributed by atoms with Crippen LogP contribution in [0.25, 0.3) is 0 Å². The first-order chi connectivity index (χ1) is 8.31. The van der Waals surface area contributed by atoms with E-state index in [0.717, 1.165) is 5.56 Å². The molecule has 17 heavy (non-hydrogen) atoms. The number of aliphatic hydroxyl groups is 1. The smallest absolute Gasteiger partial charge is 0.0626 e. The number of thiophene rings is 1. The summed E-state index contributed by atoms with van der Waals surface area (Å²) in [6.07, 6.45) is 0. The van der Waals surface area contributed by atoms with Gasteiger partial charge in [-0.2, -0.15) is 0 Å². The van der Waals surface area contributed by atoms with Crippen molar-refractivity contribution in [1.29, 1.82) is 0 Å². The quantitative estimate of drug-likeness (QED) is 0.850. The van der Waals surface area contributed by atoms with Gasteiger partial charge in [0.1, 0.15) is 0 Å². The molecule has 0 spiro atoms. The first-order valence-electron chi connectivity index (χ1n) is 5.76. The van der Waals surface area contributed by atoms with Gasteiger partial charge in [0.15, 0.2) is 0 Å². The van der Waals surface area contributed by atoms with Gasteiger partial charge < -0.3 is 10.4 Å². The fourth-order valence-electron chi connectivity index (χ4n) is 1.86. The Morgan fingerprint density at radius 2 is 1.94 bits per heavy atom. The minimum absolute atomic E-state index is 0.00620. The molecule has 0 aliphatic rings. The van der Waals surface area contributed by atoms with E-state index in [1.54, 1.807) is 11.3 Å². The van der Waals surface area contributed by atoms with Gasteiger partial charge in [0, 0.05) is 10.9 Å². The molecule has 1 unspecified atom stereocenters. The highest BCUT2D eigenvalue weighted by atomic mass is 32.1. The molecule has 3 heteroatoms. The average Bonchev–Trinajstić information content (AvgIpc) is 2.90. The van der Waals surface area contributed by atoms with Gasteiger partial charge in [-0.1, -0.05) is 36.4 Å². The van der Waals surface area contributed by atoms with Crippen LogP contribution in [0.15, 0.2) is 47.8 Å². The molecule has 0 fully saturated rings. The molecule has 90 valence electrons. The van der Waals surface area contributed by atoms with E-state index >= 15 is 0 Å². The van der Waals surface area contributed by atoms with Gasteiger partial charge in [-0.05, 0) is 23.9 Å². The van der Waals surface area contributed by atoms with E-state index < -0.39 is 0 Å². The van der Waals surface area contributed by atoms with Crippen molar-refractivity contribution < 1.29 is 5.11 Å². The van der Waals surface area contributed by atoms with E-state index in [4.69, 9.17) is 0 Å². The van der Waals surface area contributed by atoms with Crippen molar-refractivity contribution in [2.24, 2.45) is 0 Å². The Kier molecular flexibility index (Phi) is 4.31.